The van der Waals surface area contributed by atoms with E-state index in [0.29, 0.717) is 137 Å². The summed E-state index contributed by atoms with van der Waals surface area (Å²) in [5.41, 5.74) is 0. The van der Waals surface area contributed by atoms with Crippen LogP contribution >= 0.6 is 22.9 Å². The Hall–Kier alpha value is -1.19. The molecule has 0 aliphatic carbocycles. The molecule has 0 atom stereocenters. The smallest absolute Gasteiger partial charge is 0.318 e. The number of rotatable bonds is 18. The minimum absolute atomic E-state index is 0. The summed E-state index contributed by atoms with van der Waals surface area (Å²) < 4.78 is 7.31. The molecule has 3 aliphatic rings. The number of hydrogen-bond acceptors (Lipinski definition) is 13. The minimum atomic E-state index is -0.881. The van der Waals surface area contributed by atoms with Gasteiger partial charge in [0.05, 0.1) is 6.54 Å². The quantitative estimate of drug-likeness (QED) is 0.0360. The molecule has 3 aliphatic heterocycles. The molecular weight excluding hydrogens is 766 g/mol. The molecule has 273 valence electrons. The molecule has 1 radical (unpaired) electrons. The summed E-state index contributed by atoms with van der Waals surface area (Å²) in [6.45, 7) is 10.4. The molecule has 3 saturated heterocycles. The number of hydrogen-bond donors (Lipinski definition) is 3. The van der Waals surface area contributed by atoms with E-state index < -0.39 is 5.97 Å². The summed E-state index contributed by atoms with van der Waals surface area (Å²) in [6, 6.07) is 0. The Morgan fingerprint density at radius 1 is 0.830 bits per heavy atom. The number of amides is 2. The number of carboxylic acid groups (broad SMARTS) is 1. The van der Waals surface area contributed by atoms with Crippen LogP contribution in [0.4, 0.5) is 0 Å². The summed E-state index contributed by atoms with van der Waals surface area (Å²) in [4.78, 5) is 59.1. The molecule has 0 unspecified atom stereocenters. The van der Waals surface area contributed by atoms with Gasteiger partial charge < -0.3 is 41.8 Å². The summed E-state index contributed by atoms with van der Waals surface area (Å²) in [5, 5.41) is 12.6. The van der Waals surface area contributed by atoms with Gasteiger partial charge in [-0.2, -0.15) is 0 Å². The van der Waals surface area contributed by atoms with Crippen LogP contribution in [0.5, 0.6) is 0 Å². The summed E-state index contributed by atoms with van der Waals surface area (Å²) in [7, 11) is 1.89. The van der Waals surface area contributed by atoms with Crippen LogP contribution in [0.25, 0.3) is 0 Å². The van der Waals surface area contributed by atoms with Gasteiger partial charge >= 0.3 is 5.97 Å². The number of nitrogens with two attached hydrogens (primary N) is 2. The van der Waals surface area contributed by atoms with Crippen molar-refractivity contribution in [3.05, 3.63) is 13.5 Å². The largest absolute Gasteiger partial charge is 0.631 e. The van der Waals surface area contributed by atoms with Crippen molar-refractivity contribution in [2.45, 2.75) is 25.7 Å². The number of morpholine rings is 1. The number of ether oxygens (including phenoxy) is 1. The van der Waals surface area contributed by atoms with Crippen LogP contribution in [0, 0.1) is 13.5 Å². The molecule has 2 amide bonds. The Balaban J connectivity index is 0.00000552. The van der Waals surface area contributed by atoms with Crippen LogP contribution < -0.4 is 11.7 Å². The first kappa shape index (κ1) is 43.8. The molecule has 18 heteroatoms. The number of hydrazine groups is 2. The number of aliphatic carboxylic acids is 1. The molecule has 3 heterocycles. The average Bonchev–Trinajstić information content (AvgIpc) is 2.97. The number of halogens is 1. The van der Waals surface area contributed by atoms with Crippen molar-refractivity contribution >= 4 is 46.6 Å². The monoisotopic (exact) mass is 821 g/mol. The average molecular weight is 822 g/mol. The number of esters is 1. The maximum Gasteiger partial charge on any atom is 0.318 e. The van der Waals surface area contributed by atoms with Gasteiger partial charge in [0.2, 0.25) is 11.8 Å². The second-order valence-electron chi connectivity index (χ2n) is 12.1. The second-order valence-corrected chi connectivity index (χ2v) is 13.4. The zero-order chi connectivity index (χ0) is 32.8. The standard InChI is InChI=1S/C28H52IN10O6.CH3.Mn/c1-32-20-24(45-28(44)23-32)21-34(7-3-5-26(41)36-13-18-39(31)19-14-36)9-8-33(10-15-37(29)22-27(42)43)6-2-4-25(40)35-11-16-38(30)17-12-35;;/h2-23,30-31H2,1H3,(H,42,43);1H3;/q2*-1;. The fourth-order valence-electron chi connectivity index (χ4n) is 5.67. The maximum atomic E-state index is 12.8. The van der Waals surface area contributed by atoms with Crippen LogP contribution in [0.1, 0.15) is 25.7 Å². The molecule has 0 aromatic heterocycles. The van der Waals surface area contributed by atoms with Crippen LogP contribution in [0.15, 0.2) is 0 Å². The first-order valence-electron chi connectivity index (χ1n) is 15.8. The van der Waals surface area contributed by atoms with Crippen LogP contribution in [0.3, 0.4) is 0 Å². The number of nitrogens with zero attached hydrogens (tertiary/aromatic N) is 8. The van der Waals surface area contributed by atoms with Crippen molar-refractivity contribution in [2.24, 2.45) is 11.7 Å². The number of carbonyl (C=O) groups is 4. The Morgan fingerprint density at radius 2 is 1.30 bits per heavy atom. The van der Waals surface area contributed by atoms with Gasteiger partial charge in [-0.05, 0) is 33.0 Å². The number of cyclic esters (lactones) is 1. The van der Waals surface area contributed by atoms with E-state index in [1.54, 1.807) is 13.1 Å². The van der Waals surface area contributed by atoms with E-state index in [-0.39, 0.29) is 55.4 Å². The van der Waals surface area contributed by atoms with E-state index in [2.05, 4.69) is 9.80 Å². The van der Waals surface area contributed by atoms with E-state index in [1.165, 1.54) is 0 Å². The summed E-state index contributed by atoms with van der Waals surface area (Å²) >= 11 is 2.03. The van der Waals surface area contributed by atoms with Gasteiger partial charge in [-0.3, -0.25) is 30.9 Å². The Bertz CT molecular complexity index is 958. The number of likely N-dealkylation sites (N-methyl/N-ethyl adjacent to an activating group) is 1. The molecule has 0 aromatic carbocycles. The van der Waals surface area contributed by atoms with Crippen LogP contribution in [-0.2, 0) is 41.0 Å². The van der Waals surface area contributed by atoms with Gasteiger partial charge in [0.1, 0.15) is 6.54 Å². The zero-order valence-corrected chi connectivity index (χ0v) is 31.4. The van der Waals surface area contributed by atoms with E-state index in [0.717, 1.165) is 0 Å². The first-order valence-corrected chi connectivity index (χ1v) is 16.8. The maximum absolute atomic E-state index is 12.8. The first-order chi connectivity index (χ1) is 21.5. The molecule has 3 rings (SSSR count). The topological polar surface area (TPSA) is 176 Å². The third-order valence-electron chi connectivity index (χ3n) is 8.27. The van der Waals surface area contributed by atoms with Gasteiger partial charge in [-0.25, -0.2) is 13.1 Å². The van der Waals surface area contributed by atoms with Crippen LogP contribution in [0.2, 0.25) is 0 Å². The van der Waals surface area contributed by atoms with Crippen molar-refractivity contribution in [3.8, 4) is 0 Å². The van der Waals surface area contributed by atoms with E-state index in [9.17, 15) is 24.3 Å². The van der Waals surface area contributed by atoms with E-state index >= 15 is 0 Å². The number of carboxylic acids is 1. The van der Waals surface area contributed by atoms with Crippen molar-refractivity contribution in [2.75, 3.05) is 125 Å². The Labute approximate surface area is 304 Å². The van der Waals surface area contributed by atoms with Crippen molar-refractivity contribution in [1.82, 2.24) is 37.6 Å². The normalized spacial score (nSPS) is 18.7. The zero-order valence-electron chi connectivity index (χ0n) is 28.0. The SMILES string of the molecule is CN1CC(=O)O[C-](CN(CCCC(=O)N2CCN(N)CC2)CCN(CCCC(=O)N2CCN(N)CC2)CCN(I)CC(=O)O)C1.[CH3-].[Mn]. The van der Waals surface area contributed by atoms with Gasteiger partial charge in [-0.15, -0.1) is 6.10 Å². The molecule has 0 spiro atoms. The molecule has 0 bridgehead atoms. The summed E-state index contributed by atoms with van der Waals surface area (Å²) in [5.74, 6) is 10.8. The second kappa shape index (κ2) is 23.3. The molecule has 47 heavy (non-hydrogen) atoms. The molecule has 3 fully saturated rings. The van der Waals surface area contributed by atoms with Crippen molar-refractivity contribution in [3.63, 3.8) is 0 Å². The van der Waals surface area contributed by atoms with Crippen LogP contribution in [-0.4, -0.2) is 191 Å². The fourth-order valence-corrected chi connectivity index (χ4v) is 6.17. The third kappa shape index (κ3) is 17.3. The van der Waals surface area contributed by atoms with Gasteiger partial charge in [0, 0.05) is 131 Å². The van der Waals surface area contributed by atoms with Gasteiger partial charge in [0.25, 0.3) is 5.97 Å². The van der Waals surface area contributed by atoms with Gasteiger partial charge in [-0.1, -0.05) is 13.1 Å². The Morgan fingerprint density at radius 3 is 1.79 bits per heavy atom. The van der Waals surface area contributed by atoms with E-state index in [4.69, 9.17) is 16.4 Å². The molecule has 0 aromatic rings. The minimum Gasteiger partial charge on any atom is -0.631 e. The predicted octanol–water partition coefficient (Wildman–Crippen LogP) is -1.61. The molecular formula is C29H55IMnN10O6-2. The third-order valence-corrected chi connectivity index (χ3v) is 9.09. The summed E-state index contributed by atoms with van der Waals surface area (Å²) in [6.07, 6.45) is 2.91. The van der Waals surface area contributed by atoms with E-state index in [1.807, 2.05) is 44.6 Å². The molecule has 5 N–H and O–H groups in total. The Kier molecular flexibility index (Phi) is 21.7. The number of carbonyl (C=O) groups excluding carboxylic acids is 3. The number of piperazine rings is 2. The van der Waals surface area contributed by atoms with Crippen molar-refractivity contribution in [1.29, 1.82) is 0 Å². The fraction of sp³-hybridized carbons (Fsp3) is 0.793. The molecule has 16 nitrogen and oxygen atoms in total. The van der Waals surface area contributed by atoms with Crippen molar-refractivity contribution < 1.29 is 46.1 Å². The predicted molar refractivity (Wildman–Crippen MR) is 183 cm³/mol. The van der Waals surface area contributed by atoms with Gasteiger partial charge in [0.15, 0.2) is 0 Å². The molecule has 0 saturated carbocycles.